The Labute approximate surface area is 116 Å². The first-order valence-electron chi connectivity index (χ1n) is 6.17. The average molecular weight is 274 g/mol. The molecule has 104 valence electrons. The van der Waals surface area contributed by atoms with Gasteiger partial charge in [0.1, 0.15) is 11.6 Å². The average Bonchev–Trinajstić information content (AvgIpc) is 2.44. The van der Waals surface area contributed by atoms with Gasteiger partial charge < -0.3 is 15.8 Å². The summed E-state index contributed by atoms with van der Waals surface area (Å²) in [5.41, 5.74) is 6.77. The van der Waals surface area contributed by atoms with Gasteiger partial charge in [0, 0.05) is 11.4 Å². The lowest BCUT2D eigenvalue weighted by molar-refractivity contribution is -0.116. The minimum absolute atomic E-state index is 0.188. The van der Waals surface area contributed by atoms with Crippen LogP contribution in [-0.2, 0) is 4.79 Å². The lowest BCUT2D eigenvalue weighted by Gasteiger charge is -2.07. The summed E-state index contributed by atoms with van der Waals surface area (Å²) in [6, 6.07) is 12.5. The van der Waals surface area contributed by atoms with Gasteiger partial charge in [0.25, 0.3) is 0 Å². The zero-order valence-electron chi connectivity index (χ0n) is 10.8. The third-order valence-corrected chi connectivity index (χ3v) is 2.61. The molecule has 0 radical (unpaired) electrons. The number of rotatable bonds is 5. The van der Waals surface area contributed by atoms with Crippen LogP contribution < -0.4 is 15.8 Å². The molecule has 4 nitrogen and oxygen atoms in total. The number of nitrogens with two attached hydrogens (primary N) is 1. The van der Waals surface area contributed by atoms with Crippen molar-refractivity contribution in [3.05, 3.63) is 54.3 Å². The van der Waals surface area contributed by atoms with Gasteiger partial charge in [-0.25, -0.2) is 4.39 Å². The van der Waals surface area contributed by atoms with Crippen LogP contribution in [0.2, 0.25) is 0 Å². The Morgan fingerprint density at radius 1 is 1.10 bits per heavy atom. The Kier molecular flexibility index (Phi) is 4.55. The second-order valence-electron chi connectivity index (χ2n) is 4.22. The molecule has 0 saturated heterocycles. The van der Waals surface area contributed by atoms with Crippen LogP contribution in [0.5, 0.6) is 5.75 Å². The van der Waals surface area contributed by atoms with Gasteiger partial charge in [0.05, 0.1) is 13.0 Å². The van der Waals surface area contributed by atoms with Crippen molar-refractivity contribution >= 4 is 17.3 Å². The largest absolute Gasteiger partial charge is 0.493 e. The van der Waals surface area contributed by atoms with Crippen LogP contribution in [0.1, 0.15) is 6.42 Å². The monoisotopic (exact) mass is 274 g/mol. The normalized spacial score (nSPS) is 10.1. The van der Waals surface area contributed by atoms with Crippen molar-refractivity contribution in [2.75, 3.05) is 17.7 Å². The van der Waals surface area contributed by atoms with Crippen LogP contribution in [0.3, 0.4) is 0 Å². The highest BCUT2D eigenvalue weighted by Crippen LogP contribution is 2.13. The highest BCUT2D eigenvalue weighted by atomic mass is 19.1. The Bertz CT molecular complexity index is 567. The van der Waals surface area contributed by atoms with Crippen molar-refractivity contribution in [2.24, 2.45) is 0 Å². The van der Waals surface area contributed by atoms with Gasteiger partial charge in [-0.05, 0) is 48.5 Å². The van der Waals surface area contributed by atoms with Crippen molar-refractivity contribution < 1.29 is 13.9 Å². The summed E-state index contributed by atoms with van der Waals surface area (Å²) in [5, 5.41) is 2.66. The fourth-order valence-electron chi connectivity index (χ4n) is 1.58. The molecule has 0 atom stereocenters. The molecule has 0 spiro atoms. The van der Waals surface area contributed by atoms with Crippen LogP contribution in [0.15, 0.2) is 48.5 Å². The predicted molar refractivity (Wildman–Crippen MR) is 76.0 cm³/mol. The number of carbonyl (C=O) groups excluding carboxylic acids is 1. The molecule has 20 heavy (non-hydrogen) atoms. The molecule has 5 heteroatoms. The van der Waals surface area contributed by atoms with Crippen LogP contribution >= 0.6 is 0 Å². The Hall–Kier alpha value is -2.56. The summed E-state index contributed by atoms with van der Waals surface area (Å²) >= 11 is 0. The van der Waals surface area contributed by atoms with Crippen molar-refractivity contribution in [3.63, 3.8) is 0 Å². The number of nitrogens with one attached hydrogen (secondary N) is 1. The quantitative estimate of drug-likeness (QED) is 0.824. The number of nitrogen functional groups attached to an aromatic ring is 1. The van der Waals surface area contributed by atoms with Crippen LogP contribution in [-0.4, -0.2) is 12.5 Å². The SMILES string of the molecule is Nc1ccc(OCCC(=O)Nc2ccc(F)cc2)cc1. The molecule has 0 aliphatic heterocycles. The molecule has 1 amide bonds. The first-order valence-corrected chi connectivity index (χ1v) is 6.17. The van der Waals surface area contributed by atoms with E-state index in [-0.39, 0.29) is 24.8 Å². The number of ether oxygens (including phenoxy) is 1. The highest BCUT2D eigenvalue weighted by Gasteiger charge is 2.03. The lowest BCUT2D eigenvalue weighted by atomic mass is 10.3. The smallest absolute Gasteiger partial charge is 0.227 e. The number of amides is 1. The Morgan fingerprint density at radius 2 is 1.75 bits per heavy atom. The fourth-order valence-corrected chi connectivity index (χ4v) is 1.58. The first-order chi connectivity index (χ1) is 9.63. The number of hydrogen-bond donors (Lipinski definition) is 2. The van der Waals surface area contributed by atoms with Gasteiger partial charge in [-0.2, -0.15) is 0 Å². The fraction of sp³-hybridized carbons (Fsp3) is 0.133. The maximum Gasteiger partial charge on any atom is 0.227 e. The maximum absolute atomic E-state index is 12.7. The number of halogens is 1. The Morgan fingerprint density at radius 3 is 2.40 bits per heavy atom. The van der Waals surface area contributed by atoms with Crippen molar-refractivity contribution in [1.29, 1.82) is 0 Å². The van der Waals surface area contributed by atoms with Gasteiger partial charge >= 0.3 is 0 Å². The molecule has 0 aromatic heterocycles. The highest BCUT2D eigenvalue weighted by molar-refractivity contribution is 5.90. The minimum atomic E-state index is -0.338. The molecule has 2 aromatic carbocycles. The van der Waals surface area contributed by atoms with Crippen LogP contribution in [0.25, 0.3) is 0 Å². The first kappa shape index (κ1) is 13.9. The van der Waals surface area contributed by atoms with Gasteiger partial charge in [0.15, 0.2) is 0 Å². The van der Waals surface area contributed by atoms with E-state index in [1.54, 1.807) is 24.3 Å². The summed E-state index contributed by atoms with van der Waals surface area (Å²) in [5.74, 6) is 0.135. The van der Waals surface area contributed by atoms with E-state index >= 15 is 0 Å². The summed E-state index contributed by atoms with van der Waals surface area (Å²) in [7, 11) is 0. The van der Waals surface area contributed by atoms with E-state index in [9.17, 15) is 9.18 Å². The molecule has 2 rings (SSSR count). The molecular formula is C15H15FN2O2. The number of benzene rings is 2. The van der Waals surface area contributed by atoms with Gasteiger partial charge in [-0.1, -0.05) is 0 Å². The van der Waals surface area contributed by atoms with E-state index < -0.39 is 0 Å². The van der Waals surface area contributed by atoms with E-state index in [1.807, 2.05) is 0 Å². The molecular weight excluding hydrogens is 259 g/mol. The zero-order chi connectivity index (χ0) is 14.4. The summed E-state index contributed by atoms with van der Waals surface area (Å²) in [4.78, 5) is 11.6. The molecule has 0 bridgehead atoms. The second-order valence-corrected chi connectivity index (χ2v) is 4.22. The van der Waals surface area contributed by atoms with Crippen molar-refractivity contribution in [1.82, 2.24) is 0 Å². The van der Waals surface area contributed by atoms with Gasteiger partial charge in [-0.3, -0.25) is 4.79 Å². The van der Waals surface area contributed by atoms with E-state index in [0.717, 1.165) is 0 Å². The van der Waals surface area contributed by atoms with Crippen LogP contribution in [0.4, 0.5) is 15.8 Å². The minimum Gasteiger partial charge on any atom is -0.493 e. The zero-order valence-corrected chi connectivity index (χ0v) is 10.8. The third kappa shape index (κ3) is 4.28. The van der Waals surface area contributed by atoms with E-state index in [1.165, 1.54) is 24.3 Å². The summed E-state index contributed by atoms with van der Waals surface area (Å²) < 4.78 is 18.1. The maximum atomic E-state index is 12.7. The Balaban J connectivity index is 1.75. The molecule has 0 unspecified atom stereocenters. The second kappa shape index (κ2) is 6.56. The summed E-state index contributed by atoms with van der Waals surface area (Å²) in [6.45, 7) is 0.261. The van der Waals surface area contributed by atoms with E-state index in [4.69, 9.17) is 10.5 Å². The molecule has 0 saturated carbocycles. The number of anilines is 2. The van der Waals surface area contributed by atoms with E-state index in [2.05, 4.69) is 5.32 Å². The molecule has 3 N–H and O–H groups in total. The van der Waals surface area contributed by atoms with Crippen LogP contribution in [0, 0.1) is 5.82 Å². The lowest BCUT2D eigenvalue weighted by Crippen LogP contribution is -2.15. The standard InChI is InChI=1S/C15H15FN2O2/c16-11-1-5-13(6-2-11)18-15(19)9-10-20-14-7-3-12(17)4-8-14/h1-8H,9-10,17H2,(H,18,19). The topological polar surface area (TPSA) is 64.3 Å². The van der Waals surface area contributed by atoms with Crippen molar-refractivity contribution in [3.8, 4) is 5.75 Å². The molecule has 2 aromatic rings. The summed E-state index contributed by atoms with van der Waals surface area (Å²) in [6.07, 6.45) is 0.210. The molecule has 0 heterocycles. The van der Waals surface area contributed by atoms with Gasteiger partial charge in [-0.15, -0.1) is 0 Å². The number of carbonyl (C=O) groups is 1. The predicted octanol–water partition coefficient (Wildman–Crippen LogP) is 2.82. The van der Waals surface area contributed by atoms with E-state index in [0.29, 0.717) is 17.1 Å². The van der Waals surface area contributed by atoms with Crippen molar-refractivity contribution in [2.45, 2.75) is 6.42 Å². The number of hydrogen-bond acceptors (Lipinski definition) is 3. The molecule has 0 fully saturated rings. The molecule has 0 aliphatic carbocycles. The third-order valence-electron chi connectivity index (χ3n) is 2.61. The molecule has 0 aliphatic rings. The van der Waals surface area contributed by atoms with Gasteiger partial charge in [0.2, 0.25) is 5.91 Å².